The Bertz CT molecular complexity index is 1100. The fourth-order valence-corrected chi connectivity index (χ4v) is 4.03. The highest BCUT2D eigenvalue weighted by Gasteiger charge is 2.15. The number of aryl methyl sites for hydroxylation is 1. The van der Waals surface area contributed by atoms with Gasteiger partial charge in [0.25, 0.3) is 0 Å². The minimum Gasteiger partial charge on any atom is -0.490 e. The molecule has 1 N–H and O–H groups in total. The van der Waals surface area contributed by atoms with Crippen LogP contribution in [0.3, 0.4) is 0 Å². The van der Waals surface area contributed by atoms with Gasteiger partial charge in [-0.2, -0.15) is 0 Å². The Morgan fingerprint density at radius 2 is 1.97 bits per heavy atom. The number of hydrogen-bond donors (Lipinski definition) is 1. The van der Waals surface area contributed by atoms with E-state index in [-0.39, 0.29) is 11.7 Å². The van der Waals surface area contributed by atoms with E-state index in [1.165, 1.54) is 11.8 Å². The Labute approximate surface area is 190 Å². The summed E-state index contributed by atoms with van der Waals surface area (Å²) in [5, 5.41) is 12.7. The molecule has 0 saturated carbocycles. The number of nitrogens with one attached hydrogen (secondary N) is 1. The highest BCUT2D eigenvalue weighted by atomic mass is 35.5. The summed E-state index contributed by atoms with van der Waals surface area (Å²) in [4.78, 5) is 12.3. The number of carbonyl (C=O) groups is 1. The first-order valence-electron chi connectivity index (χ1n) is 9.95. The molecule has 9 heteroatoms. The largest absolute Gasteiger partial charge is 0.490 e. The van der Waals surface area contributed by atoms with Crippen LogP contribution >= 0.6 is 23.4 Å². The van der Waals surface area contributed by atoms with Crippen molar-refractivity contribution in [1.82, 2.24) is 14.8 Å². The molecule has 0 atom stereocenters. The molecule has 2 aromatic carbocycles. The van der Waals surface area contributed by atoms with Crippen molar-refractivity contribution in [3.63, 3.8) is 0 Å². The zero-order valence-electron chi connectivity index (χ0n) is 17.4. The van der Waals surface area contributed by atoms with Crippen molar-refractivity contribution in [2.75, 3.05) is 24.3 Å². The van der Waals surface area contributed by atoms with Gasteiger partial charge in [-0.25, -0.2) is 0 Å². The van der Waals surface area contributed by atoms with Crippen LogP contribution in [0.5, 0.6) is 11.5 Å². The Balaban J connectivity index is 1.36. The number of benzene rings is 2. The van der Waals surface area contributed by atoms with Gasteiger partial charge in [-0.1, -0.05) is 35.5 Å². The summed E-state index contributed by atoms with van der Waals surface area (Å²) < 4.78 is 13.4. The predicted molar refractivity (Wildman–Crippen MR) is 121 cm³/mol. The van der Waals surface area contributed by atoms with Crippen LogP contribution in [-0.4, -0.2) is 39.6 Å². The van der Waals surface area contributed by atoms with Crippen molar-refractivity contribution >= 4 is 35.0 Å². The number of halogens is 1. The molecule has 1 aliphatic heterocycles. The van der Waals surface area contributed by atoms with Gasteiger partial charge in [-0.05, 0) is 42.3 Å². The molecule has 0 aliphatic carbocycles. The van der Waals surface area contributed by atoms with Crippen LogP contribution in [0.1, 0.15) is 23.4 Å². The number of thioether (sulfide) groups is 1. The molecule has 3 aromatic rings. The number of nitrogens with zero attached hydrogens (tertiary/aromatic N) is 3. The number of hydrogen-bond acceptors (Lipinski definition) is 6. The molecule has 1 amide bonds. The molecule has 4 rings (SSSR count). The minimum atomic E-state index is -0.127. The van der Waals surface area contributed by atoms with E-state index in [0.717, 1.165) is 34.9 Å². The number of ether oxygens (including phenoxy) is 2. The lowest BCUT2D eigenvalue weighted by atomic mass is 10.1. The lowest BCUT2D eigenvalue weighted by molar-refractivity contribution is -0.113. The van der Waals surface area contributed by atoms with Gasteiger partial charge in [0.05, 0.1) is 19.0 Å². The highest BCUT2D eigenvalue weighted by Crippen LogP contribution is 2.31. The van der Waals surface area contributed by atoms with E-state index in [9.17, 15) is 4.79 Å². The molecular formula is C22H23ClN4O3S. The average molecular weight is 459 g/mol. The Hall–Kier alpha value is -2.71. The van der Waals surface area contributed by atoms with Crippen LogP contribution in [0.2, 0.25) is 5.02 Å². The molecule has 0 unspecified atom stereocenters. The van der Waals surface area contributed by atoms with Crippen LogP contribution in [0, 0.1) is 6.92 Å². The standard InChI is InChI=1S/C22H23ClN4O3S/c1-14-4-6-16(12-17(14)23)24-21(28)13-31-22-26-25-20(27(22)2)11-15-5-7-18-19(10-15)30-9-3-8-29-18/h4-7,10,12H,3,8-9,11,13H2,1-2H3,(H,24,28). The maximum absolute atomic E-state index is 12.3. The van der Waals surface area contributed by atoms with E-state index in [1.807, 2.05) is 48.9 Å². The van der Waals surface area contributed by atoms with Crippen molar-refractivity contribution in [2.24, 2.45) is 7.05 Å². The van der Waals surface area contributed by atoms with E-state index in [0.29, 0.717) is 35.5 Å². The highest BCUT2D eigenvalue weighted by molar-refractivity contribution is 7.99. The smallest absolute Gasteiger partial charge is 0.234 e. The summed E-state index contributed by atoms with van der Waals surface area (Å²) >= 11 is 7.45. The molecule has 162 valence electrons. The maximum atomic E-state index is 12.3. The second-order valence-electron chi connectivity index (χ2n) is 7.27. The predicted octanol–water partition coefficient (Wildman–Crippen LogP) is 4.26. The Morgan fingerprint density at radius 3 is 2.77 bits per heavy atom. The summed E-state index contributed by atoms with van der Waals surface area (Å²) in [5.74, 6) is 2.44. The Morgan fingerprint density at radius 1 is 1.16 bits per heavy atom. The molecule has 1 aromatic heterocycles. The van der Waals surface area contributed by atoms with Gasteiger partial charge in [-0.3, -0.25) is 4.79 Å². The van der Waals surface area contributed by atoms with Crippen molar-refractivity contribution in [1.29, 1.82) is 0 Å². The average Bonchev–Trinajstić information content (AvgIpc) is 2.95. The molecule has 2 heterocycles. The molecule has 31 heavy (non-hydrogen) atoms. The quantitative estimate of drug-likeness (QED) is 0.556. The van der Waals surface area contributed by atoms with Crippen molar-refractivity contribution < 1.29 is 14.3 Å². The summed E-state index contributed by atoms with van der Waals surface area (Å²) in [6, 6.07) is 11.4. The second kappa shape index (κ2) is 9.62. The van der Waals surface area contributed by atoms with Gasteiger partial charge >= 0.3 is 0 Å². The third-order valence-corrected chi connectivity index (χ3v) is 6.31. The summed E-state index contributed by atoms with van der Waals surface area (Å²) in [7, 11) is 1.90. The van der Waals surface area contributed by atoms with Gasteiger partial charge in [0, 0.05) is 30.6 Å². The van der Waals surface area contributed by atoms with Gasteiger partial charge in [-0.15, -0.1) is 10.2 Å². The topological polar surface area (TPSA) is 78.3 Å². The zero-order chi connectivity index (χ0) is 21.8. The van der Waals surface area contributed by atoms with E-state index in [1.54, 1.807) is 6.07 Å². The molecule has 0 radical (unpaired) electrons. The van der Waals surface area contributed by atoms with Gasteiger partial charge in [0.2, 0.25) is 5.91 Å². The lowest BCUT2D eigenvalue weighted by Crippen LogP contribution is -2.14. The first-order valence-corrected chi connectivity index (χ1v) is 11.3. The van der Waals surface area contributed by atoms with Crippen molar-refractivity contribution in [2.45, 2.75) is 24.9 Å². The first kappa shape index (κ1) is 21.5. The van der Waals surface area contributed by atoms with Gasteiger partial charge in [0.1, 0.15) is 5.82 Å². The number of aromatic nitrogens is 3. The normalized spacial score (nSPS) is 13.0. The van der Waals surface area contributed by atoms with Gasteiger partial charge < -0.3 is 19.4 Å². The van der Waals surface area contributed by atoms with Crippen LogP contribution in [-0.2, 0) is 18.3 Å². The van der Waals surface area contributed by atoms with Crippen molar-refractivity contribution in [3.8, 4) is 11.5 Å². The molecular weight excluding hydrogens is 436 g/mol. The molecule has 1 aliphatic rings. The third kappa shape index (κ3) is 5.32. The molecule has 0 bridgehead atoms. The van der Waals surface area contributed by atoms with Crippen LogP contribution < -0.4 is 14.8 Å². The van der Waals surface area contributed by atoms with Gasteiger partial charge in [0.15, 0.2) is 16.7 Å². The SMILES string of the molecule is Cc1ccc(NC(=O)CSc2nnc(Cc3ccc4c(c3)OCCCO4)n2C)cc1Cl. The lowest BCUT2D eigenvalue weighted by Gasteiger charge is -2.09. The van der Waals surface area contributed by atoms with Crippen LogP contribution in [0.25, 0.3) is 0 Å². The Kier molecular flexibility index (Phi) is 6.67. The first-order chi connectivity index (χ1) is 15.0. The molecule has 0 saturated heterocycles. The summed E-state index contributed by atoms with van der Waals surface area (Å²) in [6.07, 6.45) is 1.48. The van der Waals surface area contributed by atoms with Crippen molar-refractivity contribution in [3.05, 3.63) is 58.4 Å². The molecule has 0 fully saturated rings. The number of carbonyl (C=O) groups excluding carboxylic acids is 1. The maximum Gasteiger partial charge on any atom is 0.234 e. The van der Waals surface area contributed by atoms with E-state index < -0.39 is 0 Å². The van der Waals surface area contributed by atoms with E-state index in [2.05, 4.69) is 15.5 Å². The summed E-state index contributed by atoms with van der Waals surface area (Å²) in [6.45, 7) is 3.24. The fraction of sp³-hybridized carbons (Fsp3) is 0.318. The second-order valence-corrected chi connectivity index (χ2v) is 8.62. The third-order valence-electron chi connectivity index (χ3n) is 4.89. The molecule has 7 nitrogen and oxygen atoms in total. The number of anilines is 1. The number of fused-ring (bicyclic) bond motifs is 1. The van der Waals surface area contributed by atoms with Crippen LogP contribution in [0.4, 0.5) is 5.69 Å². The zero-order valence-corrected chi connectivity index (χ0v) is 18.9. The number of amides is 1. The van der Waals surface area contributed by atoms with E-state index in [4.69, 9.17) is 21.1 Å². The monoisotopic (exact) mass is 458 g/mol. The minimum absolute atomic E-state index is 0.127. The number of rotatable bonds is 6. The summed E-state index contributed by atoms with van der Waals surface area (Å²) in [5.41, 5.74) is 2.70. The van der Waals surface area contributed by atoms with Crippen LogP contribution in [0.15, 0.2) is 41.6 Å². The fourth-order valence-electron chi connectivity index (χ4n) is 3.12. The van der Waals surface area contributed by atoms with E-state index >= 15 is 0 Å². The molecule has 0 spiro atoms.